The Hall–Kier alpha value is -2.15. The summed E-state index contributed by atoms with van der Waals surface area (Å²) < 4.78 is 21.6. The molecule has 0 radical (unpaired) electrons. The molecule has 0 saturated heterocycles. The number of carbonyl (C=O) groups excluding carboxylic acids is 4. The lowest BCUT2D eigenvalue weighted by Gasteiger charge is -2.58. The number of ether oxygens (including phenoxy) is 1. The Balaban J connectivity index is 1.76. The zero-order chi connectivity index (χ0) is 22.1. The molecular formula is C23H27FO6. The van der Waals surface area contributed by atoms with E-state index in [1.165, 1.54) is 13.0 Å². The number of carbonyl (C=O) groups is 4. The van der Waals surface area contributed by atoms with Crippen LogP contribution in [0.1, 0.15) is 52.9 Å². The maximum Gasteiger partial charge on any atom is 0.303 e. The number of halogens is 1. The fourth-order valence-corrected chi connectivity index (χ4v) is 6.49. The Bertz CT molecular complexity index is 921. The van der Waals surface area contributed by atoms with Crippen molar-refractivity contribution >= 4 is 23.3 Å². The van der Waals surface area contributed by atoms with Crippen molar-refractivity contribution in [3.63, 3.8) is 0 Å². The van der Waals surface area contributed by atoms with Crippen molar-refractivity contribution in [1.82, 2.24) is 0 Å². The van der Waals surface area contributed by atoms with Crippen molar-refractivity contribution in [2.75, 3.05) is 6.61 Å². The largest absolute Gasteiger partial charge is 0.458 e. The maximum atomic E-state index is 16.8. The summed E-state index contributed by atoms with van der Waals surface area (Å²) in [5.41, 5.74) is -5.79. The van der Waals surface area contributed by atoms with Crippen LogP contribution in [0.5, 0.6) is 0 Å². The summed E-state index contributed by atoms with van der Waals surface area (Å²) >= 11 is 0. The Morgan fingerprint density at radius 1 is 1.27 bits per heavy atom. The normalized spacial score (nSPS) is 44.6. The van der Waals surface area contributed by atoms with Crippen LogP contribution in [0.3, 0.4) is 0 Å². The van der Waals surface area contributed by atoms with E-state index in [1.807, 2.05) is 0 Å². The molecule has 0 bridgehead atoms. The van der Waals surface area contributed by atoms with Crippen LogP contribution in [0, 0.1) is 22.7 Å². The highest BCUT2D eigenvalue weighted by Gasteiger charge is 2.74. The average Bonchev–Trinajstić information content (AvgIpc) is 2.94. The van der Waals surface area contributed by atoms with E-state index in [0.29, 0.717) is 12.0 Å². The first kappa shape index (κ1) is 21.1. The summed E-state index contributed by atoms with van der Waals surface area (Å²) in [6.45, 7) is 3.97. The predicted molar refractivity (Wildman–Crippen MR) is 104 cm³/mol. The third-order valence-electron chi connectivity index (χ3n) is 8.39. The number of hydrogen-bond donors (Lipinski definition) is 1. The SMILES string of the molecule is CC(=O)OCC(=O)[C@@]1(O)CC[C@H]2[C@@H]3C=CC4=CC(=O)CC[C@]4(C)[C@@]3(F)C(=O)C[C@@]21C. The molecule has 2 saturated carbocycles. The molecule has 0 aliphatic heterocycles. The molecule has 0 aromatic carbocycles. The summed E-state index contributed by atoms with van der Waals surface area (Å²) in [6, 6.07) is 0. The number of aliphatic hydroxyl groups is 1. The quantitative estimate of drug-likeness (QED) is 0.707. The van der Waals surface area contributed by atoms with Gasteiger partial charge in [-0.05, 0) is 36.8 Å². The number of Topliss-reactive ketones (excluding diaryl/α,β-unsaturated/α-hetero) is 2. The molecule has 0 spiro atoms. The second-order valence-corrected chi connectivity index (χ2v) is 9.72. The smallest absolute Gasteiger partial charge is 0.303 e. The van der Waals surface area contributed by atoms with Gasteiger partial charge in [-0.1, -0.05) is 26.0 Å². The van der Waals surface area contributed by atoms with E-state index in [9.17, 15) is 24.3 Å². The van der Waals surface area contributed by atoms with Gasteiger partial charge in [0.2, 0.25) is 5.78 Å². The van der Waals surface area contributed by atoms with E-state index < -0.39 is 58.1 Å². The second-order valence-electron chi connectivity index (χ2n) is 9.72. The molecule has 0 amide bonds. The summed E-state index contributed by atoms with van der Waals surface area (Å²) in [7, 11) is 0. The lowest BCUT2D eigenvalue weighted by Crippen LogP contribution is -2.67. The Kier molecular flexibility index (Phi) is 4.52. The number of allylic oxidation sites excluding steroid dienone is 4. The highest BCUT2D eigenvalue weighted by molar-refractivity contribution is 5.98. The van der Waals surface area contributed by atoms with E-state index in [-0.39, 0.29) is 31.5 Å². The lowest BCUT2D eigenvalue weighted by atomic mass is 9.46. The van der Waals surface area contributed by atoms with Crippen molar-refractivity contribution in [2.45, 2.75) is 64.1 Å². The highest BCUT2D eigenvalue weighted by Crippen LogP contribution is 2.67. The van der Waals surface area contributed by atoms with E-state index in [0.717, 1.165) is 0 Å². The van der Waals surface area contributed by atoms with Gasteiger partial charge in [0.15, 0.2) is 23.8 Å². The number of fused-ring (bicyclic) bond motifs is 5. The van der Waals surface area contributed by atoms with E-state index in [1.54, 1.807) is 26.0 Å². The molecule has 6 atom stereocenters. The predicted octanol–water partition coefficient (Wildman–Crippen LogP) is 2.43. The molecule has 2 fully saturated rings. The highest BCUT2D eigenvalue weighted by atomic mass is 19.1. The monoisotopic (exact) mass is 418 g/mol. The standard InChI is InChI=1S/C23H27FO6/c1-13(25)30-12-19(28)22(29)9-7-16-17-5-4-14-10-15(26)6-8-20(14,2)23(17,24)18(27)11-21(16,22)3/h4-5,10,16-17,29H,6-9,11-12H2,1-3H3/t16-,17-,20-,21-,22-,23-/m0/s1. The first-order valence-electron chi connectivity index (χ1n) is 10.4. The van der Waals surface area contributed by atoms with Crippen molar-refractivity contribution in [1.29, 1.82) is 0 Å². The van der Waals surface area contributed by atoms with Gasteiger partial charge in [-0.3, -0.25) is 19.2 Å². The minimum Gasteiger partial charge on any atom is -0.458 e. The van der Waals surface area contributed by atoms with Gasteiger partial charge in [0.1, 0.15) is 5.60 Å². The first-order valence-corrected chi connectivity index (χ1v) is 10.4. The molecule has 162 valence electrons. The molecule has 0 unspecified atom stereocenters. The minimum atomic E-state index is -2.19. The summed E-state index contributed by atoms with van der Waals surface area (Å²) in [5.74, 6) is -3.24. The Morgan fingerprint density at radius 3 is 2.63 bits per heavy atom. The maximum absolute atomic E-state index is 16.8. The van der Waals surface area contributed by atoms with Gasteiger partial charge >= 0.3 is 5.97 Å². The van der Waals surface area contributed by atoms with Crippen molar-refractivity contribution in [2.24, 2.45) is 22.7 Å². The van der Waals surface area contributed by atoms with Crippen LogP contribution in [0.15, 0.2) is 23.8 Å². The molecule has 0 aromatic heterocycles. The van der Waals surface area contributed by atoms with Gasteiger partial charge in [0.25, 0.3) is 0 Å². The molecule has 4 aliphatic carbocycles. The Morgan fingerprint density at radius 2 is 1.97 bits per heavy atom. The fourth-order valence-electron chi connectivity index (χ4n) is 6.49. The first-order chi connectivity index (χ1) is 13.9. The molecule has 4 rings (SSSR count). The molecule has 1 N–H and O–H groups in total. The van der Waals surface area contributed by atoms with Gasteiger partial charge in [-0.25, -0.2) is 4.39 Å². The van der Waals surface area contributed by atoms with Crippen molar-refractivity contribution in [3.05, 3.63) is 23.8 Å². The number of alkyl halides is 1. The van der Waals surface area contributed by atoms with Gasteiger partial charge in [0, 0.05) is 36.5 Å². The van der Waals surface area contributed by atoms with Gasteiger partial charge in [-0.2, -0.15) is 0 Å². The summed E-state index contributed by atoms with van der Waals surface area (Å²) in [6.07, 6.45) is 5.43. The molecule has 7 heteroatoms. The number of rotatable bonds is 3. The summed E-state index contributed by atoms with van der Waals surface area (Å²) in [5, 5.41) is 11.4. The van der Waals surface area contributed by atoms with Gasteiger partial charge in [0.05, 0.1) is 0 Å². The van der Waals surface area contributed by atoms with Crippen molar-refractivity contribution < 1.29 is 33.4 Å². The Labute approximate surface area is 174 Å². The van der Waals surface area contributed by atoms with Crippen LogP contribution >= 0.6 is 0 Å². The minimum absolute atomic E-state index is 0.0754. The van der Waals surface area contributed by atoms with E-state index in [4.69, 9.17) is 4.74 Å². The van der Waals surface area contributed by atoms with Crippen LogP contribution in [0.25, 0.3) is 0 Å². The third-order valence-corrected chi connectivity index (χ3v) is 8.39. The van der Waals surface area contributed by atoms with E-state index >= 15 is 4.39 Å². The zero-order valence-corrected chi connectivity index (χ0v) is 17.5. The average molecular weight is 418 g/mol. The fraction of sp³-hybridized carbons (Fsp3) is 0.652. The molecule has 0 heterocycles. The summed E-state index contributed by atoms with van der Waals surface area (Å²) in [4.78, 5) is 49.2. The van der Waals surface area contributed by atoms with Crippen LogP contribution in [-0.2, 0) is 23.9 Å². The molecule has 6 nitrogen and oxygen atoms in total. The lowest BCUT2D eigenvalue weighted by molar-refractivity contribution is -0.182. The van der Waals surface area contributed by atoms with Crippen LogP contribution in [-0.4, -0.2) is 46.3 Å². The zero-order valence-electron chi connectivity index (χ0n) is 17.5. The van der Waals surface area contributed by atoms with Crippen molar-refractivity contribution in [3.8, 4) is 0 Å². The second kappa shape index (κ2) is 6.42. The number of hydrogen-bond acceptors (Lipinski definition) is 6. The number of ketones is 3. The number of esters is 1. The van der Waals surface area contributed by atoms with Crippen LogP contribution in [0.2, 0.25) is 0 Å². The van der Waals surface area contributed by atoms with Gasteiger partial charge < -0.3 is 9.84 Å². The van der Waals surface area contributed by atoms with Crippen LogP contribution < -0.4 is 0 Å². The third kappa shape index (κ3) is 2.44. The molecule has 0 aromatic rings. The molecular weight excluding hydrogens is 391 g/mol. The molecule has 4 aliphatic rings. The van der Waals surface area contributed by atoms with E-state index in [2.05, 4.69) is 0 Å². The molecule has 30 heavy (non-hydrogen) atoms. The topological polar surface area (TPSA) is 97.7 Å². The van der Waals surface area contributed by atoms with Crippen LogP contribution in [0.4, 0.5) is 4.39 Å². The van der Waals surface area contributed by atoms with Gasteiger partial charge in [-0.15, -0.1) is 0 Å².